The van der Waals surface area contributed by atoms with E-state index in [4.69, 9.17) is 9.47 Å². The molecule has 0 spiro atoms. The number of non-ortho nitro benzene ring substituents is 1. The minimum absolute atomic E-state index is 0.0693. The number of rotatable bonds is 1. The van der Waals surface area contributed by atoms with Crippen molar-refractivity contribution in [2.24, 2.45) is 0 Å². The largest absolute Gasteiger partial charge is 0.488 e. The Morgan fingerprint density at radius 2 is 2.18 bits per heavy atom. The minimum atomic E-state index is -0.405. The topological polar surface area (TPSA) is 61.6 Å². The fourth-order valence-corrected chi connectivity index (χ4v) is 2.25. The van der Waals surface area contributed by atoms with Gasteiger partial charge in [0, 0.05) is 11.6 Å². The summed E-state index contributed by atoms with van der Waals surface area (Å²) in [6, 6.07) is 4.79. The van der Waals surface area contributed by atoms with Crippen molar-refractivity contribution in [3.05, 3.63) is 39.4 Å². The smallest absolute Gasteiger partial charge is 0.273 e. The maximum absolute atomic E-state index is 10.7. The highest BCUT2D eigenvalue weighted by Crippen LogP contribution is 2.38. The van der Waals surface area contributed by atoms with Crippen molar-refractivity contribution in [2.75, 3.05) is 19.8 Å². The molecule has 1 aromatic rings. The van der Waals surface area contributed by atoms with E-state index in [1.54, 1.807) is 6.07 Å². The molecule has 3 rings (SSSR count). The fraction of sp³-hybridized carbons (Fsp3) is 0.333. The zero-order valence-corrected chi connectivity index (χ0v) is 9.14. The van der Waals surface area contributed by atoms with Gasteiger partial charge in [-0.15, -0.1) is 0 Å². The Labute approximate surface area is 97.8 Å². The summed E-state index contributed by atoms with van der Waals surface area (Å²) in [5.41, 5.74) is 3.42. The van der Waals surface area contributed by atoms with Crippen LogP contribution in [0.15, 0.2) is 23.8 Å². The fourth-order valence-electron chi connectivity index (χ4n) is 2.25. The maximum Gasteiger partial charge on any atom is 0.273 e. The quantitative estimate of drug-likeness (QED) is 0.550. The first-order valence-corrected chi connectivity index (χ1v) is 5.46. The van der Waals surface area contributed by atoms with Crippen molar-refractivity contribution in [1.29, 1.82) is 0 Å². The van der Waals surface area contributed by atoms with Gasteiger partial charge in [-0.2, -0.15) is 0 Å². The lowest BCUT2D eigenvalue weighted by Gasteiger charge is -2.27. The molecule has 88 valence electrons. The van der Waals surface area contributed by atoms with Crippen LogP contribution in [0.25, 0.3) is 5.57 Å². The molecule has 0 amide bonds. The zero-order chi connectivity index (χ0) is 11.8. The number of nitro groups is 1. The van der Waals surface area contributed by atoms with E-state index in [1.165, 1.54) is 17.7 Å². The number of nitro benzene ring substituents is 1. The van der Waals surface area contributed by atoms with Crippen LogP contribution in [-0.2, 0) is 4.74 Å². The third-order valence-corrected chi connectivity index (χ3v) is 3.10. The first-order chi connectivity index (χ1) is 8.25. The van der Waals surface area contributed by atoms with Gasteiger partial charge in [-0.1, -0.05) is 0 Å². The lowest BCUT2D eigenvalue weighted by Crippen LogP contribution is -2.20. The minimum Gasteiger partial charge on any atom is -0.488 e. The Bertz CT molecular complexity index is 521. The number of hydrogen-bond acceptors (Lipinski definition) is 4. The van der Waals surface area contributed by atoms with Crippen LogP contribution < -0.4 is 4.74 Å². The van der Waals surface area contributed by atoms with Crippen LogP contribution in [0.2, 0.25) is 0 Å². The van der Waals surface area contributed by atoms with Gasteiger partial charge in [0.05, 0.1) is 24.2 Å². The first-order valence-electron chi connectivity index (χ1n) is 5.46. The Balaban J connectivity index is 2.08. The van der Waals surface area contributed by atoms with Crippen molar-refractivity contribution in [3.63, 3.8) is 0 Å². The molecule has 2 heterocycles. The monoisotopic (exact) mass is 233 g/mol. The van der Waals surface area contributed by atoms with E-state index in [9.17, 15) is 10.1 Å². The van der Waals surface area contributed by atoms with Crippen LogP contribution in [0.5, 0.6) is 5.75 Å². The standard InChI is InChI=1S/C12H11NO4/c14-13(15)9-1-2-11-10-3-4-16-6-8(10)7-17-12(11)5-9/h1-2,5H,3-4,6-7H2. The van der Waals surface area contributed by atoms with Crippen molar-refractivity contribution in [1.82, 2.24) is 0 Å². The second kappa shape index (κ2) is 3.85. The predicted molar refractivity (Wildman–Crippen MR) is 60.9 cm³/mol. The Kier molecular flexibility index (Phi) is 2.33. The van der Waals surface area contributed by atoms with E-state index >= 15 is 0 Å². The van der Waals surface area contributed by atoms with Gasteiger partial charge in [0.1, 0.15) is 12.4 Å². The normalized spacial score (nSPS) is 18.1. The molecule has 1 aromatic carbocycles. The molecular formula is C12H11NO4. The maximum atomic E-state index is 10.7. The molecule has 0 aliphatic carbocycles. The van der Waals surface area contributed by atoms with E-state index < -0.39 is 4.92 Å². The number of ether oxygens (including phenoxy) is 2. The molecule has 0 atom stereocenters. The molecule has 0 radical (unpaired) electrons. The van der Waals surface area contributed by atoms with E-state index in [2.05, 4.69) is 0 Å². The van der Waals surface area contributed by atoms with E-state index in [1.807, 2.05) is 0 Å². The van der Waals surface area contributed by atoms with Crippen LogP contribution in [0.3, 0.4) is 0 Å². The van der Waals surface area contributed by atoms with E-state index in [0.29, 0.717) is 25.6 Å². The van der Waals surface area contributed by atoms with Gasteiger partial charge in [0.15, 0.2) is 0 Å². The summed E-state index contributed by atoms with van der Waals surface area (Å²) < 4.78 is 10.9. The lowest BCUT2D eigenvalue weighted by atomic mass is 9.93. The van der Waals surface area contributed by atoms with Gasteiger partial charge in [-0.25, -0.2) is 0 Å². The third kappa shape index (κ3) is 1.68. The molecule has 0 aromatic heterocycles. The SMILES string of the molecule is O=[N+]([O-])c1ccc2c(c1)OCC1=C2CCOC1. The predicted octanol–water partition coefficient (Wildman–Crippen LogP) is 2.16. The lowest BCUT2D eigenvalue weighted by molar-refractivity contribution is -0.384. The van der Waals surface area contributed by atoms with Crippen molar-refractivity contribution < 1.29 is 14.4 Å². The average molecular weight is 233 g/mol. The molecule has 5 nitrogen and oxygen atoms in total. The molecule has 0 N–H and O–H groups in total. The molecular weight excluding hydrogens is 222 g/mol. The third-order valence-electron chi connectivity index (χ3n) is 3.10. The van der Waals surface area contributed by atoms with Crippen LogP contribution in [-0.4, -0.2) is 24.7 Å². The number of benzene rings is 1. The second-order valence-electron chi connectivity index (χ2n) is 4.11. The summed E-state index contributed by atoms with van der Waals surface area (Å²) in [5, 5.41) is 10.7. The second-order valence-corrected chi connectivity index (χ2v) is 4.11. The molecule has 2 aliphatic heterocycles. The van der Waals surface area contributed by atoms with Gasteiger partial charge in [0.2, 0.25) is 0 Å². The zero-order valence-electron chi connectivity index (χ0n) is 9.14. The molecule has 2 aliphatic rings. The summed E-state index contributed by atoms with van der Waals surface area (Å²) >= 11 is 0. The van der Waals surface area contributed by atoms with E-state index in [-0.39, 0.29) is 5.69 Å². The van der Waals surface area contributed by atoms with Crippen LogP contribution in [0, 0.1) is 10.1 Å². The van der Waals surface area contributed by atoms with Crippen LogP contribution >= 0.6 is 0 Å². The summed E-state index contributed by atoms with van der Waals surface area (Å²) in [7, 11) is 0. The Morgan fingerprint density at radius 3 is 3.00 bits per heavy atom. The first kappa shape index (κ1) is 10.3. The Morgan fingerprint density at radius 1 is 1.29 bits per heavy atom. The van der Waals surface area contributed by atoms with Gasteiger partial charge in [0.25, 0.3) is 5.69 Å². The number of fused-ring (bicyclic) bond motifs is 2. The molecule has 0 bridgehead atoms. The highest BCUT2D eigenvalue weighted by molar-refractivity contribution is 5.76. The summed E-state index contributed by atoms with van der Waals surface area (Å²) in [4.78, 5) is 10.3. The van der Waals surface area contributed by atoms with Crippen molar-refractivity contribution >= 4 is 11.3 Å². The highest BCUT2D eigenvalue weighted by atomic mass is 16.6. The molecule has 0 unspecified atom stereocenters. The number of nitrogens with zero attached hydrogens (tertiary/aromatic N) is 1. The molecule has 0 saturated carbocycles. The van der Waals surface area contributed by atoms with Gasteiger partial charge < -0.3 is 9.47 Å². The van der Waals surface area contributed by atoms with Crippen molar-refractivity contribution in [3.8, 4) is 5.75 Å². The van der Waals surface area contributed by atoms with Gasteiger partial charge in [-0.05, 0) is 23.6 Å². The van der Waals surface area contributed by atoms with Crippen LogP contribution in [0.1, 0.15) is 12.0 Å². The van der Waals surface area contributed by atoms with Gasteiger partial charge in [-0.3, -0.25) is 10.1 Å². The molecule has 17 heavy (non-hydrogen) atoms. The molecule has 0 saturated heterocycles. The van der Waals surface area contributed by atoms with Gasteiger partial charge >= 0.3 is 0 Å². The highest BCUT2D eigenvalue weighted by Gasteiger charge is 2.24. The summed E-state index contributed by atoms with van der Waals surface area (Å²) in [6.07, 6.45) is 0.851. The molecule has 0 fully saturated rings. The average Bonchev–Trinajstić information content (AvgIpc) is 2.38. The molecule has 5 heteroatoms. The summed E-state index contributed by atoms with van der Waals surface area (Å²) in [5.74, 6) is 0.611. The summed E-state index contributed by atoms with van der Waals surface area (Å²) in [6.45, 7) is 1.78. The van der Waals surface area contributed by atoms with Crippen LogP contribution in [0.4, 0.5) is 5.69 Å². The van der Waals surface area contributed by atoms with E-state index in [0.717, 1.165) is 17.6 Å². The van der Waals surface area contributed by atoms with Crippen molar-refractivity contribution in [2.45, 2.75) is 6.42 Å². The Hall–Kier alpha value is -1.88. The number of hydrogen-bond donors (Lipinski definition) is 0.